The number of rotatable bonds is 4. The smallest absolute Gasteiger partial charge is 0.404 e. The lowest BCUT2D eigenvalue weighted by molar-refractivity contribution is -0.274. The highest BCUT2D eigenvalue weighted by molar-refractivity contribution is 5.93. The number of hydrogen-bond donors (Lipinski definition) is 3. The topological polar surface area (TPSA) is 79.9 Å². The molecule has 0 unspecified atom stereocenters. The summed E-state index contributed by atoms with van der Waals surface area (Å²) in [6.07, 6.45) is -4.78. The fraction of sp³-hybridized carbons (Fsp3) is 0.300. The molecular weight excluding hydrogens is 251 g/mol. The van der Waals surface area contributed by atoms with Crippen LogP contribution in [0.25, 0.3) is 0 Å². The number of anilines is 1. The SMILES string of the molecule is NC(=NCCO)Nc1ccccc1OC(F)(F)F. The number of benzene rings is 1. The number of alkyl halides is 3. The highest BCUT2D eigenvalue weighted by Gasteiger charge is 2.32. The number of aliphatic hydroxyl groups excluding tert-OH is 1. The molecule has 100 valence electrons. The van der Waals surface area contributed by atoms with Crippen molar-refractivity contribution in [2.45, 2.75) is 6.36 Å². The minimum absolute atomic E-state index is 0.0361. The Morgan fingerprint density at radius 2 is 2.06 bits per heavy atom. The van der Waals surface area contributed by atoms with Gasteiger partial charge < -0.3 is 20.9 Å². The van der Waals surface area contributed by atoms with Gasteiger partial charge in [-0.05, 0) is 12.1 Å². The lowest BCUT2D eigenvalue weighted by atomic mass is 10.3. The van der Waals surface area contributed by atoms with Gasteiger partial charge in [0, 0.05) is 0 Å². The summed E-state index contributed by atoms with van der Waals surface area (Å²) in [6, 6.07) is 5.43. The molecule has 0 aliphatic rings. The molecule has 0 atom stereocenters. The van der Waals surface area contributed by atoms with Gasteiger partial charge in [-0.25, -0.2) is 0 Å². The number of nitrogens with zero attached hydrogens (tertiary/aromatic N) is 1. The number of halogens is 3. The Morgan fingerprint density at radius 1 is 1.39 bits per heavy atom. The van der Waals surface area contributed by atoms with Gasteiger partial charge in [-0.15, -0.1) is 13.2 Å². The lowest BCUT2D eigenvalue weighted by Gasteiger charge is -2.13. The van der Waals surface area contributed by atoms with Crippen LogP contribution in [0.1, 0.15) is 0 Å². The van der Waals surface area contributed by atoms with Gasteiger partial charge in [0.25, 0.3) is 0 Å². The van der Waals surface area contributed by atoms with Crippen LogP contribution in [0.5, 0.6) is 5.75 Å². The van der Waals surface area contributed by atoms with E-state index in [0.717, 1.165) is 6.07 Å². The zero-order valence-corrected chi connectivity index (χ0v) is 9.24. The summed E-state index contributed by atoms with van der Waals surface area (Å²) in [5, 5.41) is 11.0. The molecule has 0 fully saturated rings. The van der Waals surface area contributed by atoms with Gasteiger partial charge >= 0.3 is 6.36 Å². The van der Waals surface area contributed by atoms with Gasteiger partial charge in [-0.1, -0.05) is 12.1 Å². The van der Waals surface area contributed by atoms with Crippen LogP contribution in [0.15, 0.2) is 29.3 Å². The molecule has 0 heterocycles. The molecule has 0 radical (unpaired) electrons. The summed E-state index contributed by atoms with van der Waals surface area (Å²) in [7, 11) is 0. The molecule has 0 bridgehead atoms. The van der Waals surface area contributed by atoms with E-state index in [9.17, 15) is 13.2 Å². The van der Waals surface area contributed by atoms with Gasteiger partial charge in [0.15, 0.2) is 11.7 Å². The van der Waals surface area contributed by atoms with Gasteiger partial charge in [-0.3, -0.25) is 4.99 Å². The largest absolute Gasteiger partial charge is 0.573 e. The lowest BCUT2D eigenvalue weighted by Crippen LogP contribution is -2.25. The van der Waals surface area contributed by atoms with E-state index in [2.05, 4.69) is 15.0 Å². The zero-order valence-electron chi connectivity index (χ0n) is 9.24. The number of ether oxygens (including phenoxy) is 1. The first-order valence-corrected chi connectivity index (χ1v) is 4.95. The van der Waals surface area contributed by atoms with E-state index in [1.54, 1.807) is 0 Å². The molecule has 0 aliphatic carbocycles. The van der Waals surface area contributed by atoms with Crippen LogP contribution in [0, 0.1) is 0 Å². The van der Waals surface area contributed by atoms with E-state index < -0.39 is 12.1 Å². The van der Waals surface area contributed by atoms with Crippen molar-refractivity contribution in [2.24, 2.45) is 10.7 Å². The Labute approximate surface area is 101 Å². The third-order valence-corrected chi connectivity index (χ3v) is 1.76. The van der Waals surface area contributed by atoms with E-state index in [-0.39, 0.29) is 24.8 Å². The van der Waals surface area contributed by atoms with Crippen molar-refractivity contribution in [1.29, 1.82) is 0 Å². The molecule has 0 aliphatic heterocycles. The highest BCUT2D eigenvalue weighted by Crippen LogP contribution is 2.29. The van der Waals surface area contributed by atoms with Crippen molar-refractivity contribution in [1.82, 2.24) is 0 Å². The second kappa shape index (κ2) is 6.10. The van der Waals surface area contributed by atoms with Crippen LogP contribution in [-0.2, 0) is 0 Å². The number of nitrogens with one attached hydrogen (secondary N) is 1. The average molecular weight is 263 g/mol. The first-order chi connectivity index (χ1) is 8.42. The number of guanidine groups is 1. The molecule has 0 amide bonds. The first-order valence-electron chi connectivity index (χ1n) is 4.95. The minimum Gasteiger partial charge on any atom is -0.404 e. The second-order valence-electron chi connectivity index (χ2n) is 3.16. The van der Waals surface area contributed by atoms with Crippen LogP contribution in [0.4, 0.5) is 18.9 Å². The van der Waals surface area contributed by atoms with Crippen molar-refractivity contribution in [3.05, 3.63) is 24.3 Å². The Bertz CT molecular complexity index is 421. The Balaban J connectivity index is 2.82. The van der Waals surface area contributed by atoms with E-state index in [1.807, 2.05) is 0 Å². The fourth-order valence-electron chi connectivity index (χ4n) is 1.13. The molecule has 18 heavy (non-hydrogen) atoms. The maximum atomic E-state index is 12.1. The van der Waals surface area contributed by atoms with Crippen LogP contribution in [0.2, 0.25) is 0 Å². The second-order valence-corrected chi connectivity index (χ2v) is 3.16. The summed E-state index contributed by atoms with van der Waals surface area (Å²) < 4.78 is 40.2. The predicted molar refractivity (Wildman–Crippen MR) is 60.3 cm³/mol. The molecule has 4 N–H and O–H groups in total. The maximum absolute atomic E-state index is 12.1. The Hall–Kier alpha value is -1.96. The van der Waals surface area contributed by atoms with Crippen LogP contribution >= 0.6 is 0 Å². The molecule has 0 spiro atoms. The predicted octanol–water partition coefficient (Wildman–Crippen LogP) is 1.30. The van der Waals surface area contributed by atoms with Gasteiger partial charge in [0.05, 0.1) is 18.8 Å². The molecule has 0 aromatic heterocycles. The van der Waals surface area contributed by atoms with Crippen molar-refractivity contribution >= 4 is 11.6 Å². The quantitative estimate of drug-likeness (QED) is 0.565. The number of hydrogen-bond acceptors (Lipinski definition) is 3. The standard InChI is InChI=1S/C10H12F3N3O2/c11-10(12,13)18-8-4-2-1-3-7(8)16-9(14)15-5-6-17/h1-4,17H,5-6H2,(H3,14,15,16). The van der Waals surface area contributed by atoms with Crippen molar-refractivity contribution in [3.63, 3.8) is 0 Å². The van der Waals surface area contributed by atoms with Crippen molar-refractivity contribution in [2.75, 3.05) is 18.5 Å². The summed E-state index contributed by atoms with van der Waals surface area (Å²) in [4.78, 5) is 3.67. The molecular formula is C10H12F3N3O2. The summed E-state index contributed by atoms with van der Waals surface area (Å²) in [6.45, 7) is -0.149. The summed E-state index contributed by atoms with van der Waals surface area (Å²) in [5.41, 5.74) is 5.45. The number of aliphatic hydroxyl groups is 1. The number of para-hydroxylation sites is 2. The summed E-state index contributed by atoms with van der Waals surface area (Å²) >= 11 is 0. The minimum atomic E-state index is -4.78. The monoisotopic (exact) mass is 263 g/mol. The van der Waals surface area contributed by atoms with E-state index >= 15 is 0 Å². The third-order valence-electron chi connectivity index (χ3n) is 1.76. The number of nitrogens with two attached hydrogens (primary N) is 1. The van der Waals surface area contributed by atoms with Crippen molar-refractivity contribution < 1.29 is 23.0 Å². The van der Waals surface area contributed by atoms with Gasteiger partial charge in [0.1, 0.15) is 0 Å². The Kier molecular flexibility index (Phi) is 4.78. The van der Waals surface area contributed by atoms with Crippen LogP contribution < -0.4 is 15.8 Å². The highest BCUT2D eigenvalue weighted by atomic mass is 19.4. The van der Waals surface area contributed by atoms with E-state index in [4.69, 9.17) is 10.8 Å². The summed E-state index contributed by atoms with van der Waals surface area (Å²) in [5.74, 6) is -0.519. The van der Waals surface area contributed by atoms with Gasteiger partial charge in [-0.2, -0.15) is 0 Å². The van der Waals surface area contributed by atoms with Crippen LogP contribution in [-0.4, -0.2) is 30.6 Å². The molecule has 1 aromatic carbocycles. The zero-order chi connectivity index (χ0) is 13.6. The first kappa shape index (κ1) is 14.1. The molecule has 5 nitrogen and oxygen atoms in total. The van der Waals surface area contributed by atoms with Gasteiger partial charge in [0.2, 0.25) is 0 Å². The third kappa shape index (κ3) is 4.91. The molecule has 0 saturated heterocycles. The maximum Gasteiger partial charge on any atom is 0.573 e. The molecule has 0 saturated carbocycles. The molecule has 1 rings (SSSR count). The van der Waals surface area contributed by atoms with E-state index in [1.165, 1.54) is 18.2 Å². The normalized spacial score (nSPS) is 12.3. The van der Waals surface area contributed by atoms with E-state index in [0.29, 0.717) is 0 Å². The number of aliphatic imine (C=N–C) groups is 1. The average Bonchev–Trinajstić information content (AvgIpc) is 2.27. The van der Waals surface area contributed by atoms with Crippen LogP contribution in [0.3, 0.4) is 0 Å². The molecule has 8 heteroatoms. The Morgan fingerprint density at radius 3 is 2.67 bits per heavy atom. The fourth-order valence-corrected chi connectivity index (χ4v) is 1.13. The molecule has 1 aromatic rings. The van der Waals surface area contributed by atoms with Crippen molar-refractivity contribution in [3.8, 4) is 5.75 Å².